The fourth-order valence-electron chi connectivity index (χ4n) is 1.33. The SMILES string of the molecule is CC(C)(C)[Si](C)(C)OC1(CC=O)CC1. The van der Waals surface area contributed by atoms with Crippen LogP contribution in [0.1, 0.15) is 40.0 Å². The van der Waals surface area contributed by atoms with E-state index in [1.165, 1.54) is 0 Å². The highest BCUT2D eigenvalue weighted by molar-refractivity contribution is 6.74. The molecule has 0 amide bonds. The van der Waals surface area contributed by atoms with Gasteiger partial charge in [0.15, 0.2) is 8.32 Å². The third kappa shape index (κ3) is 2.45. The van der Waals surface area contributed by atoms with Crippen molar-refractivity contribution in [3.8, 4) is 0 Å². The van der Waals surface area contributed by atoms with Gasteiger partial charge in [-0.15, -0.1) is 0 Å². The van der Waals surface area contributed by atoms with E-state index in [-0.39, 0.29) is 10.6 Å². The largest absolute Gasteiger partial charge is 0.411 e. The van der Waals surface area contributed by atoms with Gasteiger partial charge in [-0.05, 0) is 31.0 Å². The van der Waals surface area contributed by atoms with E-state index >= 15 is 0 Å². The van der Waals surface area contributed by atoms with E-state index in [0.717, 1.165) is 19.1 Å². The second-order valence-electron chi connectivity index (χ2n) is 5.92. The van der Waals surface area contributed by atoms with Gasteiger partial charge in [0.2, 0.25) is 0 Å². The fraction of sp³-hybridized carbons (Fsp3) is 0.909. The average molecular weight is 214 g/mol. The number of hydrogen-bond donors (Lipinski definition) is 0. The van der Waals surface area contributed by atoms with Crippen molar-refractivity contribution in [3.63, 3.8) is 0 Å². The van der Waals surface area contributed by atoms with Gasteiger partial charge in [-0.25, -0.2) is 0 Å². The Bertz CT molecular complexity index is 224. The Labute approximate surface area is 88.2 Å². The molecule has 0 spiro atoms. The molecule has 0 bridgehead atoms. The molecule has 0 aromatic rings. The van der Waals surface area contributed by atoms with Crippen molar-refractivity contribution >= 4 is 14.6 Å². The zero-order chi connectivity index (χ0) is 11.0. The summed E-state index contributed by atoms with van der Waals surface area (Å²) in [6.45, 7) is 11.2. The van der Waals surface area contributed by atoms with Crippen LogP contribution >= 0.6 is 0 Å². The van der Waals surface area contributed by atoms with Crippen molar-refractivity contribution in [2.24, 2.45) is 0 Å². The minimum Gasteiger partial charge on any atom is -0.411 e. The monoisotopic (exact) mass is 214 g/mol. The van der Waals surface area contributed by atoms with Crippen LogP contribution in [0.5, 0.6) is 0 Å². The van der Waals surface area contributed by atoms with Crippen LogP contribution < -0.4 is 0 Å². The molecule has 1 aliphatic rings. The molecule has 1 saturated carbocycles. The first-order valence-corrected chi connectivity index (χ1v) is 8.27. The molecule has 0 N–H and O–H groups in total. The molecule has 0 unspecified atom stereocenters. The van der Waals surface area contributed by atoms with Gasteiger partial charge in [0.05, 0.1) is 5.60 Å². The molecule has 0 heterocycles. The van der Waals surface area contributed by atoms with E-state index in [1.54, 1.807) is 0 Å². The minimum absolute atomic E-state index is 0.0647. The van der Waals surface area contributed by atoms with Gasteiger partial charge in [-0.3, -0.25) is 0 Å². The lowest BCUT2D eigenvalue weighted by molar-refractivity contribution is -0.109. The highest BCUT2D eigenvalue weighted by Gasteiger charge is 2.50. The summed E-state index contributed by atoms with van der Waals surface area (Å²) < 4.78 is 6.25. The Morgan fingerprint density at radius 2 is 1.86 bits per heavy atom. The predicted octanol–water partition coefficient (Wildman–Crippen LogP) is 3.13. The summed E-state index contributed by atoms with van der Waals surface area (Å²) in [5, 5.41) is 0.242. The number of aldehydes is 1. The Morgan fingerprint density at radius 1 is 1.36 bits per heavy atom. The quantitative estimate of drug-likeness (QED) is 0.531. The molecule has 1 rings (SSSR count). The molecule has 0 aromatic carbocycles. The highest BCUT2D eigenvalue weighted by atomic mass is 28.4. The zero-order valence-corrected chi connectivity index (χ0v) is 11.0. The number of rotatable bonds is 4. The van der Waals surface area contributed by atoms with Crippen LogP contribution in [0.2, 0.25) is 18.1 Å². The van der Waals surface area contributed by atoms with Gasteiger partial charge in [0.25, 0.3) is 0 Å². The van der Waals surface area contributed by atoms with Gasteiger partial charge in [0, 0.05) is 6.42 Å². The van der Waals surface area contributed by atoms with Crippen LogP contribution in [0.4, 0.5) is 0 Å². The smallest absolute Gasteiger partial charge is 0.192 e. The molecule has 0 aromatic heterocycles. The Morgan fingerprint density at radius 3 is 2.14 bits per heavy atom. The molecule has 0 saturated heterocycles. The molecule has 3 heteroatoms. The van der Waals surface area contributed by atoms with E-state index < -0.39 is 8.32 Å². The summed E-state index contributed by atoms with van der Waals surface area (Å²) in [5.74, 6) is 0. The normalized spacial score (nSPS) is 20.6. The van der Waals surface area contributed by atoms with Crippen LogP contribution in [-0.4, -0.2) is 20.2 Å². The van der Waals surface area contributed by atoms with Crippen LogP contribution in [0.15, 0.2) is 0 Å². The molecule has 0 radical (unpaired) electrons. The van der Waals surface area contributed by atoms with Crippen molar-refractivity contribution in [1.82, 2.24) is 0 Å². The lowest BCUT2D eigenvalue weighted by Crippen LogP contribution is -2.44. The molecule has 14 heavy (non-hydrogen) atoms. The molecule has 1 fully saturated rings. The van der Waals surface area contributed by atoms with E-state index in [9.17, 15) is 4.79 Å². The first-order valence-electron chi connectivity index (χ1n) is 5.36. The lowest BCUT2D eigenvalue weighted by Gasteiger charge is -2.39. The van der Waals surface area contributed by atoms with E-state index in [2.05, 4.69) is 33.9 Å². The van der Waals surface area contributed by atoms with Crippen LogP contribution in [0.3, 0.4) is 0 Å². The molecule has 1 aliphatic carbocycles. The number of carbonyl (C=O) groups excluding carboxylic acids is 1. The van der Waals surface area contributed by atoms with E-state index in [1.807, 2.05) is 0 Å². The third-order valence-electron chi connectivity index (χ3n) is 3.54. The predicted molar refractivity (Wildman–Crippen MR) is 60.9 cm³/mol. The molecular formula is C11H22O2Si. The summed E-state index contributed by atoms with van der Waals surface area (Å²) in [7, 11) is -1.67. The van der Waals surface area contributed by atoms with Gasteiger partial charge >= 0.3 is 0 Å². The lowest BCUT2D eigenvalue weighted by atomic mass is 10.2. The number of carbonyl (C=O) groups is 1. The molecule has 82 valence electrons. The van der Waals surface area contributed by atoms with Crippen molar-refractivity contribution in [1.29, 1.82) is 0 Å². The maximum atomic E-state index is 10.5. The van der Waals surface area contributed by atoms with Crippen molar-refractivity contribution < 1.29 is 9.22 Å². The van der Waals surface area contributed by atoms with Crippen LogP contribution in [-0.2, 0) is 9.22 Å². The van der Waals surface area contributed by atoms with Gasteiger partial charge < -0.3 is 9.22 Å². The van der Waals surface area contributed by atoms with Crippen LogP contribution in [0.25, 0.3) is 0 Å². The molecule has 0 aliphatic heterocycles. The zero-order valence-electron chi connectivity index (χ0n) is 10.0. The third-order valence-corrected chi connectivity index (χ3v) is 8.10. The highest BCUT2D eigenvalue weighted by Crippen LogP contribution is 2.49. The van der Waals surface area contributed by atoms with Crippen molar-refractivity contribution in [3.05, 3.63) is 0 Å². The van der Waals surface area contributed by atoms with Gasteiger partial charge in [0.1, 0.15) is 6.29 Å². The Hall–Kier alpha value is -0.153. The van der Waals surface area contributed by atoms with E-state index in [0.29, 0.717) is 6.42 Å². The Balaban J connectivity index is 2.63. The Kier molecular flexibility index (Phi) is 2.94. The maximum Gasteiger partial charge on any atom is 0.192 e. The standard InChI is InChI=1S/C11H22O2Si/c1-10(2,3)14(4,5)13-11(6-7-11)8-9-12/h9H,6-8H2,1-5H3. The van der Waals surface area contributed by atoms with Crippen molar-refractivity contribution in [2.45, 2.75) is 63.8 Å². The van der Waals surface area contributed by atoms with Gasteiger partial charge in [-0.1, -0.05) is 20.8 Å². The summed E-state index contributed by atoms with van der Waals surface area (Å²) in [4.78, 5) is 10.5. The van der Waals surface area contributed by atoms with E-state index in [4.69, 9.17) is 4.43 Å². The van der Waals surface area contributed by atoms with Crippen LogP contribution in [0, 0.1) is 0 Å². The second kappa shape index (κ2) is 3.45. The minimum atomic E-state index is -1.67. The summed E-state index contributed by atoms with van der Waals surface area (Å²) in [6.07, 6.45) is 3.72. The average Bonchev–Trinajstić information content (AvgIpc) is 2.65. The molecule has 2 nitrogen and oxygen atoms in total. The molecular weight excluding hydrogens is 192 g/mol. The maximum absolute atomic E-state index is 10.5. The van der Waals surface area contributed by atoms with Crippen molar-refractivity contribution in [2.75, 3.05) is 0 Å². The summed E-state index contributed by atoms with van der Waals surface area (Å²) in [5.41, 5.74) is -0.0647. The first-order chi connectivity index (χ1) is 6.22. The van der Waals surface area contributed by atoms with Gasteiger partial charge in [-0.2, -0.15) is 0 Å². The summed E-state index contributed by atoms with van der Waals surface area (Å²) in [6, 6.07) is 0. The topological polar surface area (TPSA) is 26.3 Å². The summed E-state index contributed by atoms with van der Waals surface area (Å²) >= 11 is 0. The molecule has 0 atom stereocenters. The fourth-order valence-corrected chi connectivity index (χ4v) is 3.01. The number of hydrogen-bond acceptors (Lipinski definition) is 2. The second-order valence-corrected chi connectivity index (χ2v) is 10.6. The first kappa shape index (κ1) is 11.9.